The second-order valence-corrected chi connectivity index (χ2v) is 6.34. The number of aliphatic imine (C=N–C) groups is 1. The highest BCUT2D eigenvalue weighted by Crippen LogP contribution is 2.27. The summed E-state index contributed by atoms with van der Waals surface area (Å²) in [6, 6.07) is 8.92. The molecule has 2 N–H and O–H groups in total. The summed E-state index contributed by atoms with van der Waals surface area (Å²) in [5.41, 5.74) is 0.557. The van der Waals surface area contributed by atoms with Crippen molar-refractivity contribution in [2.24, 2.45) is 4.99 Å². The van der Waals surface area contributed by atoms with Gasteiger partial charge >= 0.3 is 6.61 Å². The largest absolute Gasteiger partial charge is 0.497 e. The summed E-state index contributed by atoms with van der Waals surface area (Å²) in [6.45, 7) is 0.709. The average molecular weight is 511 g/mol. The SMILES string of the molecule is CCNC(=NCc1ccc(OC)cc1OC(F)F)NCCc1cccs1.I. The molecule has 0 bridgehead atoms. The molecule has 1 aromatic heterocycles. The molecule has 0 amide bonds. The third kappa shape index (κ3) is 8.29. The smallest absolute Gasteiger partial charge is 0.387 e. The van der Waals surface area contributed by atoms with E-state index in [1.807, 2.05) is 18.4 Å². The maximum Gasteiger partial charge on any atom is 0.387 e. The van der Waals surface area contributed by atoms with Crippen LogP contribution in [-0.2, 0) is 13.0 Å². The van der Waals surface area contributed by atoms with Crippen LogP contribution in [0.3, 0.4) is 0 Å². The molecule has 2 rings (SSSR count). The zero-order valence-electron chi connectivity index (χ0n) is 15.2. The van der Waals surface area contributed by atoms with Crippen molar-refractivity contribution in [2.75, 3.05) is 20.2 Å². The van der Waals surface area contributed by atoms with Crippen LogP contribution in [0.15, 0.2) is 40.7 Å². The van der Waals surface area contributed by atoms with Crippen molar-refractivity contribution in [3.63, 3.8) is 0 Å². The summed E-state index contributed by atoms with van der Waals surface area (Å²) in [4.78, 5) is 5.75. The predicted molar refractivity (Wildman–Crippen MR) is 116 cm³/mol. The fraction of sp³-hybridized carbons (Fsp3) is 0.389. The maximum absolute atomic E-state index is 12.6. The first-order valence-electron chi connectivity index (χ1n) is 8.28. The monoisotopic (exact) mass is 511 g/mol. The topological polar surface area (TPSA) is 54.9 Å². The van der Waals surface area contributed by atoms with Crippen LogP contribution < -0.4 is 20.1 Å². The third-order valence-corrected chi connectivity index (χ3v) is 4.42. The first kappa shape index (κ1) is 23.4. The highest BCUT2D eigenvalue weighted by atomic mass is 127. The zero-order chi connectivity index (χ0) is 18.8. The van der Waals surface area contributed by atoms with E-state index in [0.717, 1.165) is 13.0 Å². The van der Waals surface area contributed by atoms with E-state index < -0.39 is 6.61 Å². The van der Waals surface area contributed by atoms with Crippen LogP contribution in [0.1, 0.15) is 17.4 Å². The number of methoxy groups -OCH3 is 1. The quantitative estimate of drug-likeness (QED) is 0.300. The van der Waals surface area contributed by atoms with Gasteiger partial charge in [-0.05, 0) is 36.9 Å². The Morgan fingerprint density at radius 3 is 2.70 bits per heavy atom. The van der Waals surface area contributed by atoms with E-state index in [0.29, 0.717) is 23.8 Å². The standard InChI is InChI=1S/C18H23F2N3O2S.HI/c1-3-21-18(22-9-8-15-5-4-10-26-15)23-12-13-6-7-14(24-2)11-16(13)25-17(19)20;/h4-7,10-11,17H,3,8-9,12H2,1-2H3,(H2,21,22,23);1H. The summed E-state index contributed by atoms with van der Waals surface area (Å²) in [7, 11) is 1.47. The second kappa shape index (κ2) is 12.7. The van der Waals surface area contributed by atoms with E-state index in [4.69, 9.17) is 4.74 Å². The van der Waals surface area contributed by atoms with Gasteiger partial charge in [0, 0.05) is 29.6 Å². The number of nitrogens with zero attached hydrogens (tertiary/aromatic N) is 1. The first-order chi connectivity index (χ1) is 12.6. The van der Waals surface area contributed by atoms with E-state index in [9.17, 15) is 8.78 Å². The molecule has 27 heavy (non-hydrogen) atoms. The Morgan fingerprint density at radius 1 is 1.26 bits per heavy atom. The summed E-state index contributed by atoms with van der Waals surface area (Å²) >= 11 is 1.71. The number of rotatable bonds is 9. The Hall–Kier alpha value is -1.62. The van der Waals surface area contributed by atoms with Gasteiger partial charge in [0.15, 0.2) is 5.96 Å². The molecule has 0 aliphatic rings. The molecule has 0 aliphatic carbocycles. The lowest BCUT2D eigenvalue weighted by atomic mass is 10.2. The molecule has 1 aromatic carbocycles. The molecule has 0 unspecified atom stereocenters. The van der Waals surface area contributed by atoms with E-state index in [1.54, 1.807) is 23.5 Å². The lowest BCUT2D eigenvalue weighted by Gasteiger charge is -2.13. The van der Waals surface area contributed by atoms with Crippen LogP contribution >= 0.6 is 35.3 Å². The van der Waals surface area contributed by atoms with Crippen molar-refractivity contribution in [2.45, 2.75) is 26.5 Å². The molecule has 1 heterocycles. The van der Waals surface area contributed by atoms with Crippen LogP contribution in [-0.4, -0.2) is 32.8 Å². The van der Waals surface area contributed by atoms with Crippen molar-refractivity contribution in [3.8, 4) is 11.5 Å². The number of nitrogens with one attached hydrogen (secondary N) is 2. The minimum atomic E-state index is -2.90. The molecule has 2 aromatic rings. The zero-order valence-corrected chi connectivity index (χ0v) is 18.4. The highest BCUT2D eigenvalue weighted by molar-refractivity contribution is 14.0. The lowest BCUT2D eigenvalue weighted by molar-refractivity contribution is -0.0505. The molecule has 0 fully saturated rings. The molecule has 0 saturated heterocycles. The number of guanidine groups is 1. The minimum absolute atomic E-state index is 0. The molecular formula is C18H24F2IN3O2S. The van der Waals surface area contributed by atoms with Crippen LogP contribution in [0.5, 0.6) is 11.5 Å². The number of hydrogen-bond donors (Lipinski definition) is 2. The molecular weight excluding hydrogens is 487 g/mol. The van der Waals surface area contributed by atoms with Crippen LogP contribution in [0.25, 0.3) is 0 Å². The van der Waals surface area contributed by atoms with E-state index >= 15 is 0 Å². The number of hydrogen-bond acceptors (Lipinski definition) is 4. The third-order valence-electron chi connectivity index (χ3n) is 3.49. The minimum Gasteiger partial charge on any atom is -0.497 e. The Bertz CT molecular complexity index is 700. The molecule has 5 nitrogen and oxygen atoms in total. The van der Waals surface area contributed by atoms with Gasteiger partial charge in [-0.3, -0.25) is 0 Å². The molecule has 0 aliphatic heterocycles. The van der Waals surface area contributed by atoms with Gasteiger partial charge in [-0.15, -0.1) is 35.3 Å². The number of halogens is 3. The van der Waals surface area contributed by atoms with Crippen LogP contribution in [0.4, 0.5) is 8.78 Å². The predicted octanol–water partition coefficient (Wildman–Crippen LogP) is 4.27. The van der Waals surface area contributed by atoms with Crippen LogP contribution in [0.2, 0.25) is 0 Å². The summed E-state index contributed by atoms with van der Waals surface area (Å²) in [5.74, 6) is 1.15. The summed E-state index contributed by atoms with van der Waals surface area (Å²) in [6.07, 6.45) is 0.893. The van der Waals surface area contributed by atoms with Crippen molar-refractivity contribution < 1.29 is 18.3 Å². The van der Waals surface area contributed by atoms with Gasteiger partial charge in [0.1, 0.15) is 11.5 Å². The van der Waals surface area contributed by atoms with Gasteiger partial charge in [-0.2, -0.15) is 8.78 Å². The number of thiophene rings is 1. The fourth-order valence-electron chi connectivity index (χ4n) is 2.26. The number of benzene rings is 1. The lowest BCUT2D eigenvalue weighted by Crippen LogP contribution is -2.38. The Morgan fingerprint density at radius 2 is 2.07 bits per heavy atom. The van der Waals surface area contributed by atoms with Crippen molar-refractivity contribution >= 4 is 41.3 Å². The van der Waals surface area contributed by atoms with Crippen molar-refractivity contribution in [3.05, 3.63) is 46.2 Å². The van der Waals surface area contributed by atoms with Gasteiger partial charge in [0.2, 0.25) is 0 Å². The summed E-state index contributed by atoms with van der Waals surface area (Å²) < 4.78 is 34.9. The average Bonchev–Trinajstić information content (AvgIpc) is 3.13. The van der Waals surface area contributed by atoms with Crippen molar-refractivity contribution in [1.82, 2.24) is 10.6 Å². The Kier molecular flexibility index (Phi) is 11.0. The van der Waals surface area contributed by atoms with Gasteiger partial charge in [0.25, 0.3) is 0 Å². The molecule has 0 spiro atoms. The normalized spacial score (nSPS) is 11.1. The van der Waals surface area contributed by atoms with E-state index in [2.05, 4.69) is 26.4 Å². The fourth-order valence-corrected chi connectivity index (χ4v) is 2.97. The van der Waals surface area contributed by atoms with Gasteiger partial charge in [-0.1, -0.05) is 6.07 Å². The van der Waals surface area contributed by atoms with Crippen molar-refractivity contribution in [1.29, 1.82) is 0 Å². The van der Waals surface area contributed by atoms with Crippen LogP contribution in [0, 0.1) is 0 Å². The maximum atomic E-state index is 12.6. The molecule has 0 radical (unpaired) electrons. The summed E-state index contributed by atoms with van der Waals surface area (Å²) in [5, 5.41) is 8.43. The van der Waals surface area contributed by atoms with E-state index in [-0.39, 0.29) is 36.3 Å². The molecule has 9 heteroatoms. The Balaban J connectivity index is 0.00000364. The van der Waals surface area contributed by atoms with Gasteiger partial charge in [0.05, 0.1) is 13.7 Å². The van der Waals surface area contributed by atoms with E-state index in [1.165, 1.54) is 18.1 Å². The number of alkyl halides is 2. The Labute approximate surface area is 179 Å². The highest BCUT2D eigenvalue weighted by Gasteiger charge is 2.11. The first-order valence-corrected chi connectivity index (χ1v) is 9.16. The number of ether oxygens (including phenoxy) is 2. The van der Waals surface area contributed by atoms with Gasteiger partial charge < -0.3 is 20.1 Å². The molecule has 0 atom stereocenters. The second-order valence-electron chi connectivity index (χ2n) is 5.30. The van der Waals surface area contributed by atoms with Gasteiger partial charge in [-0.25, -0.2) is 4.99 Å². The molecule has 150 valence electrons. The molecule has 0 saturated carbocycles.